The average molecular weight is 321 g/mol. The van der Waals surface area contributed by atoms with Gasteiger partial charge in [-0.2, -0.15) is 0 Å². The molecule has 2 rings (SSSR count). The average Bonchev–Trinajstić information content (AvgIpc) is 2.45. The maximum atomic E-state index is 11.1. The Morgan fingerprint density at radius 3 is 2.82 bits per heavy atom. The van der Waals surface area contributed by atoms with Gasteiger partial charge < -0.3 is 10.1 Å². The molecule has 1 heterocycles. The van der Waals surface area contributed by atoms with Gasteiger partial charge in [0.15, 0.2) is 5.75 Å². The summed E-state index contributed by atoms with van der Waals surface area (Å²) in [7, 11) is 1.37. The number of nitro benzene ring substituents is 1. The van der Waals surface area contributed by atoms with Crippen LogP contribution < -0.4 is 10.1 Å². The molecule has 114 valence electrons. The Hall–Kier alpha value is -2.67. The first-order valence-electron chi connectivity index (χ1n) is 6.19. The van der Waals surface area contributed by atoms with Crippen molar-refractivity contribution in [3.8, 4) is 5.75 Å². The van der Waals surface area contributed by atoms with Gasteiger partial charge in [0.25, 0.3) is 0 Å². The van der Waals surface area contributed by atoms with Gasteiger partial charge in [-0.25, -0.2) is 9.97 Å². The van der Waals surface area contributed by atoms with Crippen LogP contribution in [0.4, 0.5) is 11.5 Å². The molecule has 7 nitrogen and oxygen atoms in total. The smallest absolute Gasteiger partial charge is 0.311 e. The predicted octanol–water partition coefficient (Wildman–Crippen LogP) is 3.61. The monoisotopic (exact) mass is 320 g/mol. The fraction of sp³-hybridized carbons (Fsp3) is 0.143. The molecule has 0 unspecified atom stereocenters. The fourth-order valence-electron chi connectivity index (χ4n) is 1.94. The number of nitrogens with zero attached hydrogens (tertiary/aromatic N) is 3. The van der Waals surface area contributed by atoms with E-state index in [1.165, 1.54) is 25.6 Å². The molecule has 0 saturated heterocycles. The van der Waals surface area contributed by atoms with E-state index in [-0.39, 0.29) is 11.4 Å². The zero-order valence-electron chi connectivity index (χ0n) is 12.0. The molecule has 0 aliphatic heterocycles. The minimum absolute atomic E-state index is 0.142. The number of hydrogen-bond donors (Lipinski definition) is 1. The van der Waals surface area contributed by atoms with Crippen LogP contribution in [0.2, 0.25) is 0 Å². The standard InChI is InChI=1S/C14H13ClN4O3/c1-8(15)4-9(2)18-14-10-5-12(19(20)21)13(22-3)6-11(10)16-7-17-14/h4-7H,1H2,2-3H3,(H,16,17,18)/b9-4+. The zero-order valence-corrected chi connectivity index (χ0v) is 12.7. The van der Waals surface area contributed by atoms with Crippen molar-refractivity contribution < 1.29 is 9.66 Å². The molecule has 1 N–H and O–H groups in total. The van der Waals surface area contributed by atoms with Crippen molar-refractivity contribution in [3.05, 3.63) is 52.0 Å². The fourth-order valence-corrected chi connectivity index (χ4v) is 2.10. The number of allylic oxidation sites excluding steroid dienone is 3. The first-order chi connectivity index (χ1) is 10.4. The maximum Gasteiger partial charge on any atom is 0.311 e. The quantitative estimate of drug-likeness (QED) is 0.514. The molecule has 0 amide bonds. The minimum atomic E-state index is -0.516. The molecular formula is C14H13ClN4O3. The van der Waals surface area contributed by atoms with Gasteiger partial charge in [-0.3, -0.25) is 10.1 Å². The molecular weight excluding hydrogens is 308 g/mol. The SMILES string of the molecule is C=C(Cl)/C=C(\C)Nc1ncnc2cc(OC)c([N+](=O)[O-])cc12. The molecule has 0 radical (unpaired) electrons. The van der Waals surface area contributed by atoms with Crippen LogP contribution >= 0.6 is 11.6 Å². The highest BCUT2D eigenvalue weighted by molar-refractivity contribution is 6.30. The van der Waals surface area contributed by atoms with E-state index in [4.69, 9.17) is 16.3 Å². The van der Waals surface area contributed by atoms with Crippen LogP contribution in [0, 0.1) is 10.1 Å². The van der Waals surface area contributed by atoms with Crippen molar-refractivity contribution in [2.24, 2.45) is 0 Å². The zero-order chi connectivity index (χ0) is 16.3. The summed E-state index contributed by atoms with van der Waals surface area (Å²) in [6.45, 7) is 5.35. The summed E-state index contributed by atoms with van der Waals surface area (Å²) in [5, 5.41) is 15.0. The highest BCUT2D eigenvalue weighted by Crippen LogP contribution is 2.33. The molecule has 22 heavy (non-hydrogen) atoms. The third-order valence-electron chi connectivity index (χ3n) is 2.82. The summed E-state index contributed by atoms with van der Waals surface area (Å²) in [4.78, 5) is 18.8. The number of aromatic nitrogens is 2. The Morgan fingerprint density at radius 1 is 1.50 bits per heavy atom. The number of rotatable bonds is 5. The highest BCUT2D eigenvalue weighted by atomic mass is 35.5. The summed E-state index contributed by atoms with van der Waals surface area (Å²) in [5.41, 5.74) is 1.06. The number of anilines is 1. The van der Waals surface area contributed by atoms with Gasteiger partial charge in [0.05, 0.1) is 22.9 Å². The molecule has 0 aliphatic carbocycles. The molecule has 0 fully saturated rings. The Kier molecular flexibility index (Phi) is 4.57. The van der Waals surface area contributed by atoms with Crippen molar-refractivity contribution in [2.75, 3.05) is 12.4 Å². The number of fused-ring (bicyclic) bond motifs is 1. The molecule has 1 aromatic heterocycles. The van der Waals surface area contributed by atoms with Crippen LogP contribution in [-0.4, -0.2) is 22.0 Å². The van der Waals surface area contributed by atoms with E-state index in [9.17, 15) is 10.1 Å². The van der Waals surface area contributed by atoms with E-state index < -0.39 is 4.92 Å². The summed E-state index contributed by atoms with van der Waals surface area (Å²) in [6, 6.07) is 2.87. The number of methoxy groups -OCH3 is 1. The topological polar surface area (TPSA) is 90.2 Å². The van der Waals surface area contributed by atoms with E-state index in [1.54, 1.807) is 13.0 Å². The third kappa shape index (κ3) is 3.32. The Balaban J connectivity index is 2.59. The number of nitrogens with one attached hydrogen (secondary N) is 1. The maximum absolute atomic E-state index is 11.1. The molecule has 2 aromatic rings. The lowest BCUT2D eigenvalue weighted by Crippen LogP contribution is -2.01. The van der Waals surface area contributed by atoms with Crippen molar-refractivity contribution in [3.63, 3.8) is 0 Å². The van der Waals surface area contributed by atoms with Crippen molar-refractivity contribution in [1.29, 1.82) is 0 Å². The Morgan fingerprint density at radius 2 is 2.23 bits per heavy atom. The van der Waals surface area contributed by atoms with Gasteiger partial charge >= 0.3 is 5.69 Å². The van der Waals surface area contributed by atoms with Crippen LogP contribution in [0.1, 0.15) is 6.92 Å². The van der Waals surface area contributed by atoms with Crippen LogP contribution in [0.5, 0.6) is 5.75 Å². The summed E-state index contributed by atoms with van der Waals surface area (Å²) in [5.74, 6) is 0.575. The van der Waals surface area contributed by atoms with Crippen molar-refractivity contribution in [1.82, 2.24) is 9.97 Å². The lowest BCUT2D eigenvalue weighted by Gasteiger charge is -2.09. The second-order valence-corrected chi connectivity index (χ2v) is 4.91. The van der Waals surface area contributed by atoms with Gasteiger partial charge in [0, 0.05) is 22.9 Å². The van der Waals surface area contributed by atoms with Gasteiger partial charge in [0.2, 0.25) is 0 Å². The summed E-state index contributed by atoms with van der Waals surface area (Å²) < 4.78 is 5.03. The second kappa shape index (κ2) is 6.40. The summed E-state index contributed by atoms with van der Waals surface area (Å²) >= 11 is 5.71. The van der Waals surface area contributed by atoms with Crippen molar-refractivity contribution >= 4 is 34.0 Å². The van der Waals surface area contributed by atoms with Gasteiger partial charge in [0.1, 0.15) is 12.1 Å². The van der Waals surface area contributed by atoms with E-state index in [0.29, 0.717) is 27.5 Å². The van der Waals surface area contributed by atoms with E-state index in [2.05, 4.69) is 21.9 Å². The van der Waals surface area contributed by atoms with Crippen molar-refractivity contribution in [2.45, 2.75) is 6.92 Å². The lowest BCUT2D eigenvalue weighted by molar-refractivity contribution is -0.385. The third-order valence-corrected chi connectivity index (χ3v) is 2.93. The first-order valence-corrected chi connectivity index (χ1v) is 6.57. The van der Waals surface area contributed by atoms with Crippen LogP contribution in [0.25, 0.3) is 10.9 Å². The lowest BCUT2D eigenvalue weighted by atomic mass is 10.2. The van der Waals surface area contributed by atoms with Gasteiger partial charge in [-0.15, -0.1) is 0 Å². The predicted molar refractivity (Wildman–Crippen MR) is 85.1 cm³/mol. The van der Waals surface area contributed by atoms with E-state index >= 15 is 0 Å². The minimum Gasteiger partial charge on any atom is -0.490 e. The Bertz CT molecular complexity index is 789. The molecule has 8 heteroatoms. The number of nitro groups is 1. The molecule has 0 atom stereocenters. The number of hydrogen-bond acceptors (Lipinski definition) is 6. The second-order valence-electron chi connectivity index (χ2n) is 4.42. The molecule has 0 bridgehead atoms. The first kappa shape index (κ1) is 15.7. The molecule has 1 aromatic carbocycles. The van der Waals surface area contributed by atoms with Gasteiger partial charge in [-0.1, -0.05) is 18.2 Å². The number of benzene rings is 1. The van der Waals surface area contributed by atoms with Gasteiger partial charge in [-0.05, 0) is 13.0 Å². The van der Waals surface area contributed by atoms with Crippen LogP contribution in [-0.2, 0) is 0 Å². The van der Waals surface area contributed by atoms with E-state index in [0.717, 1.165) is 0 Å². The van der Waals surface area contributed by atoms with E-state index in [1.807, 2.05) is 0 Å². The molecule has 0 aliphatic rings. The van der Waals surface area contributed by atoms with Crippen LogP contribution in [0.3, 0.4) is 0 Å². The number of ether oxygens (including phenoxy) is 1. The van der Waals surface area contributed by atoms with Crippen LogP contribution in [0.15, 0.2) is 41.8 Å². The Labute approximate surface area is 131 Å². The molecule has 0 saturated carbocycles. The largest absolute Gasteiger partial charge is 0.490 e. The number of halogens is 1. The normalized spacial score (nSPS) is 11.3. The summed E-state index contributed by atoms with van der Waals surface area (Å²) in [6.07, 6.45) is 2.98. The molecule has 0 spiro atoms. The highest BCUT2D eigenvalue weighted by Gasteiger charge is 2.18.